The number of hydrogen-bond acceptors (Lipinski definition) is 2. The van der Waals surface area contributed by atoms with E-state index in [2.05, 4.69) is 0 Å². The van der Waals surface area contributed by atoms with Gasteiger partial charge in [0.25, 0.3) is 0 Å². The molecule has 0 fully saturated rings. The van der Waals surface area contributed by atoms with Crippen molar-refractivity contribution in [3.8, 4) is 5.75 Å². The number of phenolic OH excluding ortho intramolecular Hbond substituents is 1. The minimum absolute atomic E-state index is 0.287. The van der Waals surface area contributed by atoms with Gasteiger partial charge in [0.15, 0.2) is 0 Å². The Balaban J connectivity index is 3.01. The number of hydrogen-bond donors (Lipinski definition) is 2. The van der Waals surface area contributed by atoms with Gasteiger partial charge >= 0.3 is 6.18 Å². The van der Waals surface area contributed by atoms with Crippen molar-refractivity contribution in [3.05, 3.63) is 29.3 Å². The first-order valence-corrected chi connectivity index (χ1v) is 4.55. The maximum Gasteiger partial charge on any atom is 0.419 e. The summed E-state index contributed by atoms with van der Waals surface area (Å²) < 4.78 is 37.1. The number of aromatic hydroxyl groups is 1. The zero-order valence-electron chi connectivity index (χ0n) is 8.01. The summed E-state index contributed by atoms with van der Waals surface area (Å²) in [4.78, 5) is 0. The van der Waals surface area contributed by atoms with E-state index in [1.54, 1.807) is 0 Å². The number of nitrogens with two attached hydrogens (primary N) is 1. The molecule has 0 atom stereocenters. The van der Waals surface area contributed by atoms with Crippen LogP contribution in [0.4, 0.5) is 13.2 Å². The van der Waals surface area contributed by atoms with Crippen molar-refractivity contribution in [2.75, 3.05) is 6.54 Å². The highest BCUT2D eigenvalue weighted by Crippen LogP contribution is 2.37. The van der Waals surface area contributed by atoms with Gasteiger partial charge < -0.3 is 10.8 Å². The second-order valence-electron chi connectivity index (χ2n) is 3.20. The number of para-hydroxylation sites is 1. The third-order valence-corrected chi connectivity index (χ3v) is 2.08. The van der Waals surface area contributed by atoms with Crippen molar-refractivity contribution < 1.29 is 18.3 Å². The van der Waals surface area contributed by atoms with Crippen molar-refractivity contribution in [2.45, 2.75) is 19.0 Å². The fourth-order valence-electron chi connectivity index (χ4n) is 1.31. The zero-order valence-corrected chi connectivity index (χ0v) is 8.01. The number of rotatable bonds is 3. The Morgan fingerprint density at radius 3 is 2.47 bits per heavy atom. The first-order chi connectivity index (χ1) is 6.96. The number of phenols is 1. The molecule has 0 unspecified atom stereocenters. The molecule has 0 aliphatic rings. The highest BCUT2D eigenvalue weighted by atomic mass is 19.4. The lowest BCUT2D eigenvalue weighted by atomic mass is 10.0. The summed E-state index contributed by atoms with van der Waals surface area (Å²) in [5, 5.41) is 9.39. The van der Waals surface area contributed by atoms with Crippen molar-refractivity contribution in [1.82, 2.24) is 0 Å². The Bertz CT molecular complexity index is 336. The lowest BCUT2D eigenvalue weighted by molar-refractivity contribution is -0.138. The molecule has 3 N–H and O–H groups in total. The van der Waals surface area contributed by atoms with Crippen LogP contribution < -0.4 is 5.73 Å². The monoisotopic (exact) mass is 219 g/mol. The molecule has 2 nitrogen and oxygen atoms in total. The van der Waals surface area contributed by atoms with Crippen LogP contribution in [0.1, 0.15) is 17.5 Å². The van der Waals surface area contributed by atoms with Gasteiger partial charge in [-0.05, 0) is 31.0 Å². The standard InChI is InChI=1S/C10H12F3NO/c11-10(12,13)8-5-1-3-7(9(8)15)4-2-6-14/h1,3,5,15H,2,4,6,14H2. The van der Waals surface area contributed by atoms with Gasteiger partial charge in [-0.2, -0.15) is 13.2 Å². The van der Waals surface area contributed by atoms with Gasteiger partial charge in [0.2, 0.25) is 0 Å². The SMILES string of the molecule is NCCCc1cccc(C(F)(F)F)c1O. The number of aryl methyl sites for hydroxylation is 1. The van der Waals surface area contributed by atoms with Crippen LogP contribution in [0, 0.1) is 0 Å². The van der Waals surface area contributed by atoms with Crippen LogP contribution in [0.15, 0.2) is 18.2 Å². The third-order valence-electron chi connectivity index (χ3n) is 2.08. The van der Waals surface area contributed by atoms with E-state index in [4.69, 9.17) is 5.73 Å². The molecule has 1 rings (SSSR count). The first kappa shape index (κ1) is 11.8. The van der Waals surface area contributed by atoms with E-state index in [9.17, 15) is 18.3 Å². The minimum Gasteiger partial charge on any atom is -0.507 e. The molecule has 0 aliphatic heterocycles. The van der Waals surface area contributed by atoms with Gasteiger partial charge in [-0.1, -0.05) is 12.1 Å². The van der Waals surface area contributed by atoms with Gasteiger partial charge in [0.05, 0.1) is 5.56 Å². The Morgan fingerprint density at radius 2 is 1.93 bits per heavy atom. The maximum atomic E-state index is 12.4. The summed E-state index contributed by atoms with van der Waals surface area (Å²) in [7, 11) is 0. The zero-order chi connectivity index (χ0) is 11.5. The van der Waals surface area contributed by atoms with E-state index in [0.717, 1.165) is 6.07 Å². The average molecular weight is 219 g/mol. The fourth-order valence-corrected chi connectivity index (χ4v) is 1.31. The molecule has 0 radical (unpaired) electrons. The second kappa shape index (κ2) is 4.53. The quantitative estimate of drug-likeness (QED) is 0.819. The fraction of sp³-hybridized carbons (Fsp3) is 0.400. The summed E-state index contributed by atoms with van der Waals surface area (Å²) in [6.45, 7) is 0.385. The topological polar surface area (TPSA) is 46.2 Å². The van der Waals surface area contributed by atoms with Crippen molar-refractivity contribution in [1.29, 1.82) is 0 Å². The molecule has 1 aromatic rings. The van der Waals surface area contributed by atoms with Crippen LogP contribution in [-0.2, 0) is 12.6 Å². The largest absolute Gasteiger partial charge is 0.507 e. The summed E-state index contributed by atoms with van der Waals surface area (Å²) >= 11 is 0. The van der Waals surface area contributed by atoms with Crippen LogP contribution in [0.5, 0.6) is 5.75 Å². The summed E-state index contributed by atoms with van der Waals surface area (Å²) in [5.74, 6) is -0.682. The van der Waals surface area contributed by atoms with Crippen LogP contribution in [0.25, 0.3) is 0 Å². The molecular formula is C10H12F3NO. The maximum absolute atomic E-state index is 12.4. The molecule has 84 valence electrons. The summed E-state index contributed by atoms with van der Waals surface area (Å²) in [6.07, 6.45) is -3.61. The predicted molar refractivity (Wildman–Crippen MR) is 50.5 cm³/mol. The molecule has 5 heteroatoms. The van der Waals surface area contributed by atoms with Crippen LogP contribution in [0.2, 0.25) is 0 Å². The summed E-state index contributed by atoms with van der Waals surface area (Å²) in [6, 6.07) is 3.62. The molecule has 0 heterocycles. The molecule has 0 bridgehead atoms. The first-order valence-electron chi connectivity index (χ1n) is 4.55. The normalized spacial score (nSPS) is 11.7. The lowest BCUT2D eigenvalue weighted by Gasteiger charge is -2.11. The highest BCUT2D eigenvalue weighted by Gasteiger charge is 2.34. The third kappa shape index (κ3) is 2.86. The molecule has 0 aromatic heterocycles. The molecule has 0 saturated heterocycles. The van der Waals surface area contributed by atoms with E-state index < -0.39 is 17.5 Å². The van der Waals surface area contributed by atoms with Gasteiger partial charge in [-0.3, -0.25) is 0 Å². The van der Waals surface area contributed by atoms with Crippen molar-refractivity contribution in [2.24, 2.45) is 5.73 Å². The van der Waals surface area contributed by atoms with E-state index in [1.165, 1.54) is 12.1 Å². The van der Waals surface area contributed by atoms with E-state index >= 15 is 0 Å². The Hall–Kier alpha value is -1.23. The Labute approximate surface area is 85.5 Å². The van der Waals surface area contributed by atoms with Crippen molar-refractivity contribution in [3.63, 3.8) is 0 Å². The van der Waals surface area contributed by atoms with Crippen molar-refractivity contribution >= 4 is 0 Å². The van der Waals surface area contributed by atoms with Crippen LogP contribution in [-0.4, -0.2) is 11.7 Å². The predicted octanol–water partition coefficient (Wildman–Crippen LogP) is 2.30. The summed E-state index contributed by atoms with van der Waals surface area (Å²) in [5.41, 5.74) is 4.54. The molecule has 0 amide bonds. The lowest BCUT2D eigenvalue weighted by Crippen LogP contribution is -2.07. The smallest absolute Gasteiger partial charge is 0.419 e. The average Bonchev–Trinajstić information content (AvgIpc) is 2.14. The molecule has 0 spiro atoms. The molecule has 15 heavy (non-hydrogen) atoms. The van der Waals surface area contributed by atoms with Gasteiger partial charge in [-0.25, -0.2) is 0 Å². The number of halogens is 3. The number of alkyl halides is 3. The Morgan fingerprint density at radius 1 is 1.27 bits per heavy atom. The highest BCUT2D eigenvalue weighted by molar-refractivity contribution is 5.42. The van der Waals surface area contributed by atoms with Crippen LogP contribution in [0.3, 0.4) is 0 Å². The molecular weight excluding hydrogens is 207 g/mol. The van der Waals surface area contributed by atoms with Crippen LogP contribution >= 0.6 is 0 Å². The van der Waals surface area contributed by atoms with Gasteiger partial charge in [-0.15, -0.1) is 0 Å². The van der Waals surface area contributed by atoms with E-state index in [0.29, 0.717) is 19.4 Å². The Kier molecular flexibility index (Phi) is 3.57. The van der Waals surface area contributed by atoms with Gasteiger partial charge in [0.1, 0.15) is 5.75 Å². The second-order valence-corrected chi connectivity index (χ2v) is 3.20. The van der Waals surface area contributed by atoms with E-state index in [-0.39, 0.29) is 5.56 Å². The molecule has 0 aliphatic carbocycles. The van der Waals surface area contributed by atoms with Gasteiger partial charge in [0, 0.05) is 0 Å². The van der Waals surface area contributed by atoms with E-state index in [1.807, 2.05) is 0 Å². The molecule has 0 saturated carbocycles. The molecule has 1 aromatic carbocycles. The number of benzene rings is 1. The minimum atomic E-state index is -4.51.